The first-order valence-electron chi connectivity index (χ1n) is 9.09. The number of nitrogens with zero attached hydrogens (tertiary/aromatic N) is 1. The summed E-state index contributed by atoms with van der Waals surface area (Å²) in [7, 11) is 0. The standard InChI is InChI=1S/C19H25N3O5/c1-3-4-5-8-13(2)20-16(23)12-27-17(24)11-22-19(26)15-10-7-6-9-14(15)18(25)21-22/h6-7,9-10,13H,3-5,8,11-12H2,1-2H3,(H,20,23)(H,21,25)/t13-/m0/s1. The quantitative estimate of drug-likeness (QED) is 0.507. The summed E-state index contributed by atoms with van der Waals surface area (Å²) >= 11 is 0. The van der Waals surface area contributed by atoms with Crippen LogP contribution in [0.25, 0.3) is 10.8 Å². The van der Waals surface area contributed by atoms with Crippen molar-refractivity contribution in [2.45, 2.75) is 52.1 Å². The predicted molar refractivity (Wildman–Crippen MR) is 102 cm³/mol. The molecule has 0 saturated heterocycles. The van der Waals surface area contributed by atoms with Gasteiger partial charge >= 0.3 is 5.97 Å². The smallest absolute Gasteiger partial charge is 0.328 e. The third-order valence-corrected chi connectivity index (χ3v) is 4.18. The molecular weight excluding hydrogens is 350 g/mol. The van der Waals surface area contributed by atoms with Crippen molar-refractivity contribution in [3.8, 4) is 0 Å². The van der Waals surface area contributed by atoms with Gasteiger partial charge in [0.2, 0.25) is 0 Å². The average molecular weight is 375 g/mol. The zero-order valence-electron chi connectivity index (χ0n) is 15.6. The van der Waals surface area contributed by atoms with Gasteiger partial charge in [0.1, 0.15) is 6.54 Å². The second-order valence-corrected chi connectivity index (χ2v) is 6.50. The topological polar surface area (TPSA) is 110 Å². The van der Waals surface area contributed by atoms with E-state index in [9.17, 15) is 19.2 Å². The number of H-pyrrole nitrogens is 1. The number of aromatic amines is 1. The van der Waals surface area contributed by atoms with Gasteiger partial charge in [0.15, 0.2) is 6.61 Å². The summed E-state index contributed by atoms with van der Waals surface area (Å²) in [6.45, 7) is 3.10. The minimum Gasteiger partial charge on any atom is -0.454 e. The molecule has 27 heavy (non-hydrogen) atoms. The number of fused-ring (bicyclic) bond motifs is 1. The van der Waals surface area contributed by atoms with Crippen LogP contribution in [-0.2, 0) is 20.9 Å². The van der Waals surface area contributed by atoms with Crippen molar-refractivity contribution < 1.29 is 14.3 Å². The Morgan fingerprint density at radius 1 is 1.19 bits per heavy atom. The number of amides is 1. The van der Waals surface area contributed by atoms with Crippen molar-refractivity contribution in [1.82, 2.24) is 15.1 Å². The van der Waals surface area contributed by atoms with Crippen LogP contribution in [0.2, 0.25) is 0 Å². The SMILES string of the molecule is CCCCC[C@H](C)NC(=O)COC(=O)Cn1[nH]c(=O)c2ccccc2c1=O. The molecule has 0 saturated carbocycles. The summed E-state index contributed by atoms with van der Waals surface area (Å²) in [6, 6.07) is 6.34. The lowest BCUT2D eigenvalue weighted by Crippen LogP contribution is -2.37. The first kappa shape index (κ1) is 20.4. The van der Waals surface area contributed by atoms with E-state index in [0.29, 0.717) is 0 Å². The van der Waals surface area contributed by atoms with Crippen molar-refractivity contribution in [3.63, 3.8) is 0 Å². The molecule has 0 spiro atoms. The molecule has 1 amide bonds. The molecule has 0 aliphatic heterocycles. The van der Waals surface area contributed by atoms with Gasteiger partial charge in [-0.15, -0.1) is 0 Å². The van der Waals surface area contributed by atoms with Crippen molar-refractivity contribution in [1.29, 1.82) is 0 Å². The lowest BCUT2D eigenvalue weighted by atomic mass is 10.1. The highest BCUT2D eigenvalue weighted by molar-refractivity contribution is 5.81. The summed E-state index contributed by atoms with van der Waals surface area (Å²) in [5.74, 6) is -1.18. The Bertz CT molecular complexity index is 915. The number of esters is 1. The third kappa shape index (κ3) is 5.80. The fraction of sp³-hybridized carbons (Fsp3) is 0.474. The van der Waals surface area contributed by atoms with Crippen molar-refractivity contribution in [3.05, 3.63) is 45.0 Å². The molecule has 1 atom stereocenters. The number of carbonyl (C=O) groups is 2. The molecule has 1 heterocycles. The van der Waals surface area contributed by atoms with Crippen LogP contribution in [0.3, 0.4) is 0 Å². The van der Waals surface area contributed by atoms with E-state index >= 15 is 0 Å². The molecule has 1 aromatic carbocycles. The Hall–Kier alpha value is -2.90. The fourth-order valence-electron chi connectivity index (χ4n) is 2.77. The Labute approximate surface area is 156 Å². The molecule has 2 aromatic rings. The summed E-state index contributed by atoms with van der Waals surface area (Å²) in [5, 5.41) is 5.57. The summed E-state index contributed by atoms with van der Waals surface area (Å²) in [6.07, 6.45) is 4.10. The minimum absolute atomic E-state index is 0.00205. The van der Waals surface area contributed by atoms with Crippen LogP contribution >= 0.6 is 0 Å². The number of rotatable bonds is 9. The maximum absolute atomic E-state index is 12.3. The van der Waals surface area contributed by atoms with Gasteiger partial charge in [-0.1, -0.05) is 38.3 Å². The van der Waals surface area contributed by atoms with Crippen LogP contribution in [0.1, 0.15) is 39.5 Å². The van der Waals surface area contributed by atoms with Gasteiger partial charge in [-0.25, -0.2) is 4.68 Å². The number of aromatic nitrogens is 2. The van der Waals surface area contributed by atoms with Crippen LogP contribution < -0.4 is 16.4 Å². The number of carbonyl (C=O) groups excluding carboxylic acids is 2. The van der Waals surface area contributed by atoms with E-state index in [1.807, 2.05) is 6.92 Å². The normalized spacial score (nSPS) is 11.9. The van der Waals surface area contributed by atoms with Crippen LogP contribution in [0.4, 0.5) is 0 Å². The predicted octanol–water partition coefficient (Wildman–Crippen LogP) is 1.32. The molecule has 0 radical (unpaired) electrons. The summed E-state index contributed by atoms with van der Waals surface area (Å²) in [5.41, 5.74) is -0.979. The number of benzene rings is 1. The lowest BCUT2D eigenvalue weighted by Gasteiger charge is -2.13. The van der Waals surface area contributed by atoms with Gasteiger partial charge in [-0.2, -0.15) is 0 Å². The van der Waals surface area contributed by atoms with E-state index in [4.69, 9.17) is 4.74 Å². The zero-order valence-corrected chi connectivity index (χ0v) is 15.6. The first-order chi connectivity index (χ1) is 12.9. The van der Waals surface area contributed by atoms with E-state index in [2.05, 4.69) is 17.3 Å². The van der Waals surface area contributed by atoms with E-state index in [-0.39, 0.29) is 16.8 Å². The molecule has 0 fully saturated rings. The first-order valence-corrected chi connectivity index (χ1v) is 9.09. The van der Waals surface area contributed by atoms with Crippen LogP contribution in [-0.4, -0.2) is 34.3 Å². The van der Waals surface area contributed by atoms with Gasteiger partial charge in [0, 0.05) is 6.04 Å². The molecule has 8 heteroatoms. The Morgan fingerprint density at radius 2 is 1.89 bits per heavy atom. The molecule has 0 aliphatic carbocycles. The Morgan fingerprint density at radius 3 is 2.59 bits per heavy atom. The molecule has 0 bridgehead atoms. The van der Waals surface area contributed by atoms with Gasteiger partial charge in [0.25, 0.3) is 17.0 Å². The van der Waals surface area contributed by atoms with E-state index in [1.165, 1.54) is 12.1 Å². The highest BCUT2D eigenvalue weighted by Crippen LogP contribution is 2.03. The minimum atomic E-state index is -0.781. The van der Waals surface area contributed by atoms with Crippen molar-refractivity contribution in [2.24, 2.45) is 0 Å². The molecule has 2 N–H and O–H groups in total. The van der Waals surface area contributed by atoms with Crippen LogP contribution in [0.5, 0.6) is 0 Å². The Kier molecular flexibility index (Phi) is 7.34. The highest BCUT2D eigenvalue weighted by Gasteiger charge is 2.13. The molecule has 2 rings (SSSR count). The Balaban J connectivity index is 1.90. The monoisotopic (exact) mass is 375 g/mol. The van der Waals surface area contributed by atoms with Gasteiger partial charge < -0.3 is 10.1 Å². The third-order valence-electron chi connectivity index (χ3n) is 4.18. The largest absolute Gasteiger partial charge is 0.454 e. The maximum Gasteiger partial charge on any atom is 0.328 e. The highest BCUT2D eigenvalue weighted by atomic mass is 16.5. The van der Waals surface area contributed by atoms with E-state index in [1.54, 1.807) is 12.1 Å². The number of hydrogen-bond acceptors (Lipinski definition) is 5. The van der Waals surface area contributed by atoms with Gasteiger partial charge in [-0.05, 0) is 25.5 Å². The van der Waals surface area contributed by atoms with E-state index in [0.717, 1.165) is 30.4 Å². The molecular formula is C19H25N3O5. The van der Waals surface area contributed by atoms with Crippen LogP contribution in [0.15, 0.2) is 33.9 Å². The van der Waals surface area contributed by atoms with Crippen LogP contribution in [0, 0.1) is 0 Å². The van der Waals surface area contributed by atoms with Gasteiger partial charge in [0.05, 0.1) is 10.8 Å². The second kappa shape index (κ2) is 9.70. The summed E-state index contributed by atoms with van der Waals surface area (Å²) in [4.78, 5) is 48.1. The molecule has 146 valence electrons. The average Bonchev–Trinajstić information content (AvgIpc) is 2.64. The van der Waals surface area contributed by atoms with E-state index < -0.39 is 36.1 Å². The van der Waals surface area contributed by atoms with Crippen molar-refractivity contribution in [2.75, 3.05) is 6.61 Å². The molecule has 1 aromatic heterocycles. The molecule has 8 nitrogen and oxygen atoms in total. The fourth-order valence-corrected chi connectivity index (χ4v) is 2.77. The number of unbranched alkanes of at least 4 members (excludes halogenated alkanes) is 2. The summed E-state index contributed by atoms with van der Waals surface area (Å²) < 4.78 is 5.80. The van der Waals surface area contributed by atoms with Gasteiger partial charge in [-0.3, -0.25) is 24.3 Å². The number of ether oxygens (including phenoxy) is 1. The maximum atomic E-state index is 12.3. The molecule has 0 aliphatic rings. The number of nitrogens with one attached hydrogen (secondary N) is 2. The lowest BCUT2D eigenvalue weighted by molar-refractivity contribution is -0.149. The number of hydrogen-bond donors (Lipinski definition) is 2. The molecule has 0 unspecified atom stereocenters. The second-order valence-electron chi connectivity index (χ2n) is 6.50. The van der Waals surface area contributed by atoms with Crippen molar-refractivity contribution >= 4 is 22.6 Å². The zero-order chi connectivity index (χ0) is 19.8.